The third-order valence-electron chi connectivity index (χ3n) is 6.41. The zero-order valence-corrected chi connectivity index (χ0v) is 18.8. The second kappa shape index (κ2) is 9.22. The Kier molecular flexibility index (Phi) is 5.99. The second-order valence-corrected chi connectivity index (χ2v) is 8.68. The highest BCUT2D eigenvalue weighted by atomic mass is 16.5. The number of nitrogens with one attached hydrogen (secondary N) is 1. The maximum absolute atomic E-state index is 12.8. The highest BCUT2D eigenvalue weighted by Gasteiger charge is 2.20. The lowest BCUT2D eigenvalue weighted by Crippen LogP contribution is -2.44. The summed E-state index contributed by atoms with van der Waals surface area (Å²) < 4.78 is 7.39. The van der Waals surface area contributed by atoms with Gasteiger partial charge in [-0.2, -0.15) is 4.98 Å². The number of hydrogen-bond acceptors (Lipinski definition) is 7. The standard InChI is InChI=1S/C25H28N6O2/c1-3-18-15-23(32)31(17-21-5-4-14-33-21)24-22(18)16-26-25(28-24)27-19-6-8-20(9-7-19)30-12-10-29(2)11-13-30/h1,6-9,15-16,21H,4-5,10-14,17H2,2H3,(H,26,27,28). The second-order valence-electron chi connectivity index (χ2n) is 8.68. The highest BCUT2D eigenvalue weighted by molar-refractivity contribution is 5.82. The van der Waals surface area contributed by atoms with Gasteiger partial charge in [0.1, 0.15) is 5.65 Å². The van der Waals surface area contributed by atoms with E-state index in [9.17, 15) is 4.79 Å². The normalized spacial score (nSPS) is 19.0. The Morgan fingerprint density at radius 1 is 1.21 bits per heavy atom. The summed E-state index contributed by atoms with van der Waals surface area (Å²) in [6.07, 6.45) is 9.27. The zero-order chi connectivity index (χ0) is 22.8. The van der Waals surface area contributed by atoms with Crippen LogP contribution in [0.5, 0.6) is 0 Å². The van der Waals surface area contributed by atoms with Crippen LogP contribution in [0, 0.1) is 12.3 Å². The molecule has 2 aliphatic rings. The molecule has 0 saturated carbocycles. The van der Waals surface area contributed by atoms with Gasteiger partial charge in [0.05, 0.1) is 18.0 Å². The molecule has 1 N–H and O–H groups in total. The molecule has 2 fully saturated rings. The largest absolute Gasteiger partial charge is 0.376 e. The van der Waals surface area contributed by atoms with Crippen molar-refractivity contribution in [3.63, 3.8) is 0 Å². The lowest BCUT2D eigenvalue weighted by molar-refractivity contribution is 0.0971. The topological polar surface area (TPSA) is 75.5 Å². The molecule has 0 aliphatic carbocycles. The summed E-state index contributed by atoms with van der Waals surface area (Å²) in [5, 5.41) is 3.95. The zero-order valence-electron chi connectivity index (χ0n) is 18.8. The number of pyridine rings is 1. The molecule has 2 aliphatic heterocycles. The summed E-state index contributed by atoms with van der Waals surface area (Å²) in [6, 6.07) is 9.75. The van der Waals surface area contributed by atoms with E-state index in [4.69, 9.17) is 11.2 Å². The van der Waals surface area contributed by atoms with Gasteiger partial charge in [0.15, 0.2) is 0 Å². The summed E-state index contributed by atoms with van der Waals surface area (Å²) >= 11 is 0. The van der Waals surface area contributed by atoms with Gasteiger partial charge < -0.3 is 19.9 Å². The number of piperazine rings is 1. The number of hydrogen-bond donors (Lipinski definition) is 1. The van der Waals surface area contributed by atoms with E-state index in [2.05, 4.69) is 50.2 Å². The van der Waals surface area contributed by atoms with Crippen molar-refractivity contribution in [1.82, 2.24) is 19.4 Å². The SMILES string of the molecule is C#Cc1cc(=O)n(CC2CCCO2)c2nc(Nc3ccc(N4CCN(C)CC4)cc3)ncc12. The molecule has 2 aromatic heterocycles. The fourth-order valence-corrected chi connectivity index (χ4v) is 4.45. The van der Waals surface area contributed by atoms with Gasteiger partial charge in [-0.05, 0) is 44.2 Å². The van der Waals surface area contributed by atoms with Crippen molar-refractivity contribution in [3.05, 3.63) is 52.4 Å². The summed E-state index contributed by atoms with van der Waals surface area (Å²) in [5.41, 5.74) is 2.94. The lowest BCUT2D eigenvalue weighted by atomic mass is 10.1. The first kappa shape index (κ1) is 21.4. The van der Waals surface area contributed by atoms with Crippen LogP contribution in [-0.4, -0.2) is 65.4 Å². The smallest absolute Gasteiger partial charge is 0.253 e. The Hall–Kier alpha value is -3.41. The quantitative estimate of drug-likeness (QED) is 0.606. The van der Waals surface area contributed by atoms with Crippen molar-refractivity contribution in [3.8, 4) is 12.3 Å². The first-order valence-electron chi connectivity index (χ1n) is 11.4. The van der Waals surface area contributed by atoms with Crippen LogP contribution in [0.25, 0.3) is 11.0 Å². The molecule has 0 spiro atoms. The van der Waals surface area contributed by atoms with E-state index in [-0.39, 0.29) is 11.7 Å². The van der Waals surface area contributed by atoms with Crippen molar-refractivity contribution < 1.29 is 4.74 Å². The molecule has 2 saturated heterocycles. The Bertz CT molecular complexity index is 1230. The van der Waals surface area contributed by atoms with Crippen LogP contribution in [0.3, 0.4) is 0 Å². The van der Waals surface area contributed by atoms with Gasteiger partial charge >= 0.3 is 0 Å². The van der Waals surface area contributed by atoms with Crippen LogP contribution in [0.1, 0.15) is 18.4 Å². The fourth-order valence-electron chi connectivity index (χ4n) is 4.45. The number of rotatable bonds is 5. The molecule has 8 heteroatoms. The molecule has 33 heavy (non-hydrogen) atoms. The molecule has 0 radical (unpaired) electrons. The minimum absolute atomic E-state index is 0.0103. The van der Waals surface area contributed by atoms with E-state index < -0.39 is 0 Å². The van der Waals surface area contributed by atoms with Crippen LogP contribution < -0.4 is 15.8 Å². The number of benzene rings is 1. The molecule has 0 bridgehead atoms. The number of ether oxygens (including phenoxy) is 1. The van der Waals surface area contributed by atoms with Crippen LogP contribution in [0.15, 0.2) is 41.3 Å². The Morgan fingerprint density at radius 3 is 2.70 bits per heavy atom. The molecule has 1 atom stereocenters. The van der Waals surface area contributed by atoms with Crippen molar-refractivity contribution >= 4 is 28.4 Å². The number of fused-ring (bicyclic) bond motifs is 1. The maximum atomic E-state index is 12.8. The van der Waals surface area contributed by atoms with E-state index in [1.165, 1.54) is 11.8 Å². The van der Waals surface area contributed by atoms with E-state index >= 15 is 0 Å². The molecular formula is C25H28N6O2. The Labute approximate surface area is 193 Å². The minimum Gasteiger partial charge on any atom is -0.376 e. The van der Waals surface area contributed by atoms with E-state index in [1.807, 2.05) is 12.1 Å². The third kappa shape index (κ3) is 4.56. The van der Waals surface area contributed by atoms with Gasteiger partial charge in [0, 0.05) is 62.0 Å². The van der Waals surface area contributed by atoms with E-state index in [1.54, 1.807) is 10.8 Å². The molecule has 3 aromatic rings. The summed E-state index contributed by atoms with van der Waals surface area (Å²) in [6.45, 7) is 5.37. The van der Waals surface area contributed by atoms with Gasteiger partial charge in [0.2, 0.25) is 5.95 Å². The average molecular weight is 445 g/mol. The van der Waals surface area contributed by atoms with Crippen LogP contribution in [-0.2, 0) is 11.3 Å². The van der Waals surface area contributed by atoms with Crippen LogP contribution in [0.2, 0.25) is 0 Å². The van der Waals surface area contributed by atoms with Crippen molar-refractivity contribution in [2.75, 3.05) is 50.1 Å². The monoisotopic (exact) mass is 444 g/mol. The number of nitrogens with zero attached hydrogens (tertiary/aromatic N) is 5. The van der Waals surface area contributed by atoms with E-state index in [0.717, 1.165) is 51.3 Å². The predicted octanol–water partition coefficient (Wildman–Crippen LogP) is 2.45. The summed E-state index contributed by atoms with van der Waals surface area (Å²) in [4.78, 5) is 26.7. The molecule has 4 heterocycles. The number of likely N-dealkylation sites (N-methyl/N-ethyl adjacent to an activating group) is 1. The Morgan fingerprint density at radius 2 is 2.00 bits per heavy atom. The van der Waals surface area contributed by atoms with Gasteiger partial charge in [-0.15, -0.1) is 6.42 Å². The van der Waals surface area contributed by atoms with Crippen LogP contribution >= 0.6 is 0 Å². The third-order valence-corrected chi connectivity index (χ3v) is 6.41. The van der Waals surface area contributed by atoms with Gasteiger partial charge in [-0.25, -0.2) is 4.98 Å². The van der Waals surface area contributed by atoms with Crippen molar-refractivity contribution in [1.29, 1.82) is 0 Å². The number of aromatic nitrogens is 3. The van der Waals surface area contributed by atoms with Gasteiger partial charge in [-0.3, -0.25) is 9.36 Å². The first-order valence-corrected chi connectivity index (χ1v) is 11.4. The number of anilines is 3. The highest BCUT2D eigenvalue weighted by Crippen LogP contribution is 2.23. The molecule has 8 nitrogen and oxygen atoms in total. The van der Waals surface area contributed by atoms with E-state index in [0.29, 0.717) is 29.1 Å². The lowest BCUT2D eigenvalue weighted by Gasteiger charge is -2.34. The molecule has 0 amide bonds. The maximum Gasteiger partial charge on any atom is 0.253 e. The van der Waals surface area contributed by atoms with Gasteiger partial charge in [0.25, 0.3) is 5.56 Å². The van der Waals surface area contributed by atoms with Gasteiger partial charge in [-0.1, -0.05) is 5.92 Å². The fraction of sp³-hybridized carbons (Fsp3) is 0.400. The molecule has 1 unspecified atom stereocenters. The number of terminal acetylenes is 1. The summed E-state index contributed by atoms with van der Waals surface area (Å²) in [7, 11) is 2.15. The molecule has 170 valence electrons. The van der Waals surface area contributed by atoms with Crippen molar-refractivity contribution in [2.24, 2.45) is 0 Å². The predicted molar refractivity (Wildman–Crippen MR) is 130 cm³/mol. The van der Waals surface area contributed by atoms with Crippen molar-refractivity contribution in [2.45, 2.75) is 25.5 Å². The molecular weight excluding hydrogens is 416 g/mol. The summed E-state index contributed by atoms with van der Waals surface area (Å²) in [5.74, 6) is 3.01. The average Bonchev–Trinajstić information content (AvgIpc) is 3.35. The molecule has 1 aromatic carbocycles. The Balaban J connectivity index is 1.41. The van der Waals surface area contributed by atoms with Crippen LogP contribution in [0.4, 0.5) is 17.3 Å². The molecule has 5 rings (SSSR count). The minimum atomic E-state index is -0.174. The first-order chi connectivity index (χ1) is 16.1.